The lowest BCUT2D eigenvalue weighted by molar-refractivity contribution is -0.226. The summed E-state index contributed by atoms with van der Waals surface area (Å²) in [7, 11) is 0. The number of isothiocyanates is 1. The van der Waals surface area contributed by atoms with Gasteiger partial charge in [0.1, 0.15) is 30.5 Å². The molecule has 1 aliphatic rings. The van der Waals surface area contributed by atoms with Crippen LogP contribution in [0.2, 0.25) is 0 Å². The second-order valence-electron chi connectivity index (χ2n) is 3.30. The van der Waals surface area contributed by atoms with Gasteiger partial charge in [0.25, 0.3) is 0 Å². The summed E-state index contributed by atoms with van der Waals surface area (Å²) in [6.45, 7) is -0.409. The summed E-state index contributed by atoms with van der Waals surface area (Å²) in [6, 6.07) is 0. The van der Waals surface area contributed by atoms with Crippen molar-refractivity contribution in [2.75, 3.05) is 13.2 Å². The van der Waals surface area contributed by atoms with Crippen LogP contribution in [-0.2, 0) is 4.74 Å². The van der Waals surface area contributed by atoms with Gasteiger partial charge >= 0.3 is 0 Å². The van der Waals surface area contributed by atoms with Gasteiger partial charge in [0.2, 0.25) is 0 Å². The van der Waals surface area contributed by atoms with Crippen molar-refractivity contribution in [3.05, 3.63) is 0 Å². The molecule has 5 atom stereocenters. The summed E-state index contributed by atoms with van der Waals surface area (Å²) < 4.78 is 5.14. The van der Waals surface area contributed by atoms with Crippen LogP contribution < -0.4 is 0 Å². The first-order valence-corrected chi connectivity index (χ1v) is 4.86. The fourth-order valence-electron chi connectivity index (χ4n) is 1.46. The highest BCUT2D eigenvalue weighted by atomic mass is 32.1. The smallest absolute Gasteiger partial charge is 0.111 e. The Labute approximate surface area is 91.8 Å². The fourth-order valence-corrected chi connectivity index (χ4v) is 1.53. The third-order valence-corrected chi connectivity index (χ3v) is 2.46. The minimum absolute atomic E-state index is 0.0327. The van der Waals surface area contributed by atoms with Crippen molar-refractivity contribution in [3.8, 4) is 0 Å². The molecule has 0 aliphatic carbocycles. The average Bonchev–Trinajstić information content (AvgIpc) is 2.25. The Balaban J connectivity index is 2.69. The molecule has 1 aliphatic heterocycles. The van der Waals surface area contributed by atoms with Crippen molar-refractivity contribution in [2.24, 2.45) is 4.99 Å². The van der Waals surface area contributed by atoms with Crippen LogP contribution in [0.4, 0.5) is 0 Å². The normalized spacial score (nSPS) is 40.9. The first-order valence-electron chi connectivity index (χ1n) is 4.46. The average molecular weight is 235 g/mol. The van der Waals surface area contributed by atoms with E-state index in [1.165, 1.54) is 0 Å². The summed E-state index contributed by atoms with van der Waals surface area (Å²) in [5, 5.41) is 39.3. The van der Waals surface area contributed by atoms with Gasteiger partial charge in [-0.2, -0.15) is 0 Å². The lowest BCUT2D eigenvalue weighted by Crippen LogP contribution is -2.59. The van der Waals surface area contributed by atoms with E-state index in [1.54, 1.807) is 0 Å². The van der Waals surface area contributed by atoms with Gasteiger partial charge in [-0.1, -0.05) is 0 Å². The summed E-state index contributed by atoms with van der Waals surface area (Å²) in [6.07, 6.45) is -5.64. The summed E-state index contributed by atoms with van der Waals surface area (Å²) in [4.78, 5) is 3.58. The van der Waals surface area contributed by atoms with Crippen LogP contribution in [0.25, 0.3) is 0 Å². The van der Waals surface area contributed by atoms with Crippen molar-refractivity contribution < 1.29 is 25.2 Å². The highest BCUT2D eigenvalue weighted by Gasteiger charge is 2.43. The van der Waals surface area contributed by atoms with Crippen LogP contribution in [0.1, 0.15) is 0 Å². The van der Waals surface area contributed by atoms with E-state index in [0.717, 1.165) is 0 Å². The quantitative estimate of drug-likeness (QED) is 0.331. The first-order chi connectivity index (χ1) is 7.11. The number of aliphatic imine (C=N–C) groups is 1. The van der Waals surface area contributed by atoms with Crippen LogP contribution >= 0.6 is 12.2 Å². The molecule has 0 unspecified atom stereocenters. The van der Waals surface area contributed by atoms with Gasteiger partial charge in [-0.05, 0) is 12.2 Å². The van der Waals surface area contributed by atoms with Gasteiger partial charge < -0.3 is 25.2 Å². The lowest BCUT2D eigenvalue weighted by Gasteiger charge is -2.39. The molecule has 7 heteroatoms. The second kappa shape index (κ2) is 5.62. The zero-order valence-electron chi connectivity index (χ0n) is 7.85. The Morgan fingerprint density at radius 1 is 1.13 bits per heavy atom. The Bertz CT molecular complexity index is 255. The molecule has 0 saturated carbocycles. The van der Waals surface area contributed by atoms with Crippen molar-refractivity contribution >= 4 is 17.4 Å². The van der Waals surface area contributed by atoms with E-state index in [-0.39, 0.29) is 6.54 Å². The number of aliphatic hydroxyl groups is 4. The van der Waals surface area contributed by atoms with Crippen molar-refractivity contribution in [3.63, 3.8) is 0 Å². The number of thiocarbonyl (C=S) groups is 1. The van der Waals surface area contributed by atoms with Gasteiger partial charge in [-0.25, -0.2) is 4.99 Å². The molecule has 0 radical (unpaired) electrons. The molecule has 0 spiro atoms. The van der Waals surface area contributed by atoms with Crippen molar-refractivity contribution in [2.45, 2.75) is 30.5 Å². The third kappa shape index (κ3) is 2.79. The Kier molecular flexibility index (Phi) is 4.75. The molecule has 0 aromatic carbocycles. The second-order valence-corrected chi connectivity index (χ2v) is 3.48. The minimum atomic E-state index is -1.36. The molecule has 1 saturated heterocycles. The standard InChI is InChI=1S/C8H13NO5S/c10-2-5-7(12)8(13)6(11)4(14-5)1-9-3-15/h4-8,10-13H,1-2H2/t4-,5-,6-,7-,8-/m1/s1. The summed E-state index contributed by atoms with van der Waals surface area (Å²) >= 11 is 4.35. The molecule has 0 amide bonds. The summed E-state index contributed by atoms with van der Waals surface area (Å²) in [5.74, 6) is 0. The molecule has 6 nitrogen and oxygen atoms in total. The van der Waals surface area contributed by atoms with E-state index in [4.69, 9.17) is 9.84 Å². The van der Waals surface area contributed by atoms with Crippen LogP contribution in [0.5, 0.6) is 0 Å². The van der Waals surface area contributed by atoms with Crippen molar-refractivity contribution in [1.29, 1.82) is 0 Å². The molecule has 0 aromatic heterocycles. The number of rotatable bonds is 3. The molecule has 0 aromatic rings. The van der Waals surface area contributed by atoms with E-state index in [2.05, 4.69) is 22.4 Å². The van der Waals surface area contributed by atoms with Crippen LogP contribution in [0.15, 0.2) is 4.99 Å². The topological polar surface area (TPSA) is 103 Å². The lowest BCUT2D eigenvalue weighted by atomic mass is 9.95. The monoisotopic (exact) mass is 235 g/mol. The zero-order valence-corrected chi connectivity index (χ0v) is 8.67. The molecule has 1 rings (SSSR count). The van der Waals surface area contributed by atoms with E-state index < -0.39 is 37.1 Å². The molecule has 0 bridgehead atoms. The maximum atomic E-state index is 9.51. The van der Waals surface area contributed by atoms with Crippen molar-refractivity contribution in [1.82, 2.24) is 0 Å². The van der Waals surface area contributed by atoms with Crippen LogP contribution in [0, 0.1) is 0 Å². The Morgan fingerprint density at radius 3 is 2.27 bits per heavy atom. The number of hydrogen-bond donors (Lipinski definition) is 4. The maximum absolute atomic E-state index is 9.51. The first kappa shape index (κ1) is 12.7. The van der Waals surface area contributed by atoms with Gasteiger partial charge in [0, 0.05) is 0 Å². The van der Waals surface area contributed by atoms with Gasteiger partial charge in [-0.3, -0.25) is 0 Å². The molecule has 86 valence electrons. The van der Waals surface area contributed by atoms with E-state index in [1.807, 2.05) is 0 Å². The molecule has 1 fully saturated rings. The molecular weight excluding hydrogens is 222 g/mol. The van der Waals surface area contributed by atoms with Gasteiger partial charge in [-0.15, -0.1) is 0 Å². The highest BCUT2D eigenvalue weighted by Crippen LogP contribution is 2.21. The SMILES string of the molecule is OC[C@H]1O[C@H](CN=C=S)[C@@H](O)[C@@H](O)[C@@H]1O. The zero-order chi connectivity index (χ0) is 11.4. The predicted molar refractivity (Wildman–Crippen MR) is 53.7 cm³/mol. The Hall–Kier alpha value is -0.400. The highest BCUT2D eigenvalue weighted by molar-refractivity contribution is 7.78. The molecule has 4 N–H and O–H groups in total. The minimum Gasteiger partial charge on any atom is -0.394 e. The number of hydrogen-bond acceptors (Lipinski definition) is 7. The number of nitrogens with zero attached hydrogens (tertiary/aromatic N) is 1. The molecule has 15 heavy (non-hydrogen) atoms. The fraction of sp³-hybridized carbons (Fsp3) is 0.875. The van der Waals surface area contributed by atoms with Gasteiger partial charge in [0.15, 0.2) is 0 Å². The molecular formula is C8H13NO5S. The number of ether oxygens (including phenoxy) is 1. The Morgan fingerprint density at radius 2 is 1.73 bits per heavy atom. The summed E-state index contributed by atoms with van der Waals surface area (Å²) in [5.41, 5.74) is 0. The predicted octanol–water partition coefficient (Wildman–Crippen LogP) is -2.07. The largest absolute Gasteiger partial charge is 0.394 e. The van der Waals surface area contributed by atoms with E-state index in [9.17, 15) is 15.3 Å². The third-order valence-electron chi connectivity index (χ3n) is 2.33. The van der Waals surface area contributed by atoms with E-state index in [0.29, 0.717) is 0 Å². The number of aliphatic hydroxyl groups excluding tert-OH is 4. The van der Waals surface area contributed by atoms with Crippen LogP contribution in [0.3, 0.4) is 0 Å². The van der Waals surface area contributed by atoms with Gasteiger partial charge in [0.05, 0.1) is 18.3 Å². The molecule has 1 heterocycles. The van der Waals surface area contributed by atoms with E-state index >= 15 is 0 Å². The maximum Gasteiger partial charge on any atom is 0.111 e. The van der Waals surface area contributed by atoms with Crippen LogP contribution in [-0.4, -0.2) is 69.3 Å².